The summed E-state index contributed by atoms with van der Waals surface area (Å²) < 4.78 is 30.3. The summed E-state index contributed by atoms with van der Waals surface area (Å²) in [5.41, 5.74) is -1.51. The molecule has 1 saturated heterocycles. The van der Waals surface area contributed by atoms with Crippen molar-refractivity contribution in [2.24, 2.45) is 0 Å². The number of carbonyl (C=O) groups is 2. The highest BCUT2D eigenvalue weighted by Gasteiger charge is 2.67. The first-order chi connectivity index (χ1) is 18.5. The Morgan fingerprint density at radius 3 is 2.56 bits per heavy atom. The van der Waals surface area contributed by atoms with Crippen LogP contribution in [0.15, 0.2) is 61.2 Å². The van der Waals surface area contributed by atoms with Crippen LogP contribution < -0.4 is 5.32 Å². The van der Waals surface area contributed by atoms with Gasteiger partial charge in [-0.2, -0.15) is 0 Å². The number of nitrogens with one attached hydrogen (secondary N) is 1. The largest absolute Gasteiger partial charge is 0.478 e. The first kappa shape index (κ1) is 26.2. The van der Waals surface area contributed by atoms with Crippen LogP contribution in [0.3, 0.4) is 0 Å². The highest BCUT2D eigenvalue weighted by Crippen LogP contribution is 2.57. The zero-order valence-electron chi connectivity index (χ0n) is 21.9. The Morgan fingerprint density at radius 1 is 1.13 bits per heavy atom. The highest BCUT2D eigenvalue weighted by molar-refractivity contribution is 5.89. The zero-order valence-corrected chi connectivity index (χ0v) is 21.9. The van der Waals surface area contributed by atoms with Crippen LogP contribution in [-0.2, 0) is 20.8 Å². The molecule has 2 N–H and O–H groups in total. The molecule has 0 amide bonds. The lowest BCUT2D eigenvalue weighted by Gasteiger charge is -2.37. The van der Waals surface area contributed by atoms with Crippen LogP contribution in [0.4, 0.5) is 10.2 Å². The molecular weight excluding hydrogens is 505 g/mol. The monoisotopic (exact) mass is 533 g/mol. The van der Waals surface area contributed by atoms with E-state index in [9.17, 15) is 14.7 Å². The van der Waals surface area contributed by atoms with Gasteiger partial charge in [0.15, 0.2) is 34.5 Å². The van der Waals surface area contributed by atoms with Crippen LogP contribution in [-0.4, -0.2) is 47.8 Å². The Labute approximate surface area is 223 Å². The van der Waals surface area contributed by atoms with Gasteiger partial charge in [0.1, 0.15) is 12.4 Å². The number of esters is 1. The minimum Gasteiger partial charge on any atom is -0.478 e. The van der Waals surface area contributed by atoms with Gasteiger partial charge in [0.25, 0.3) is 0 Å². The Hall–Kier alpha value is -4.38. The van der Waals surface area contributed by atoms with Crippen molar-refractivity contribution in [1.82, 2.24) is 19.5 Å². The van der Waals surface area contributed by atoms with Crippen LogP contribution in [0, 0.1) is 6.92 Å². The maximum Gasteiger partial charge on any atom is 0.335 e. The number of halogens is 1. The number of hydrogen-bond acceptors (Lipinski definition) is 8. The van der Waals surface area contributed by atoms with Crippen LogP contribution in [0.25, 0.3) is 11.2 Å². The summed E-state index contributed by atoms with van der Waals surface area (Å²) in [7, 11) is 0. The number of ether oxygens (including phenoxy) is 2. The number of rotatable bonds is 7. The number of aromatic nitrogens is 4. The molecule has 1 aliphatic rings. The molecule has 39 heavy (non-hydrogen) atoms. The second kappa shape index (κ2) is 9.73. The molecule has 0 bridgehead atoms. The van der Waals surface area contributed by atoms with Crippen LogP contribution in [0.5, 0.6) is 0 Å². The maximum atomic E-state index is 16.9. The Balaban J connectivity index is 1.57. The first-order valence-electron chi connectivity index (χ1n) is 12.4. The number of anilines is 1. The molecule has 0 unspecified atom stereocenters. The molecule has 202 valence electrons. The lowest BCUT2D eigenvalue weighted by molar-refractivity contribution is -0.174. The molecule has 0 radical (unpaired) electrons. The van der Waals surface area contributed by atoms with Crippen molar-refractivity contribution in [2.75, 3.05) is 5.32 Å². The molecule has 1 aliphatic heterocycles. The number of carbonyl (C=O) groups excluding carboxylic acids is 1. The van der Waals surface area contributed by atoms with Crippen molar-refractivity contribution in [3.63, 3.8) is 0 Å². The first-order valence-corrected chi connectivity index (χ1v) is 12.4. The number of hydrogen-bond donors (Lipinski definition) is 2. The lowest BCUT2D eigenvalue weighted by Crippen LogP contribution is -2.51. The molecular formula is C28H28FN5O5. The topological polar surface area (TPSA) is 128 Å². The van der Waals surface area contributed by atoms with Crippen molar-refractivity contribution < 1.29 is 28.6 Å². The van der Waals surface area contributed by atoms with Gasteiger partial charge in [-0.25, -0.2) is 24.1 Å². The van der Waals surface area contributed by atoms with Gasteiger partial charge in [0.2, 0.25) is 0 Å². The highest BCUT2D eigenvalue weighted by atomic mass is 19.1. The maximum absolute atomic E-state index is 16.9. The third-order valence-electron chi connectivity index (χ3n) is 7.36. The van der Waals surface area contributed by atoms with Gasteiger partial charge in [-0.3, -0.25) is 9.36 Å². The predicted molar refractivity (Wildman–Crippen MR) is 140 cm³/mol. The molecule has 4 atom stereocenters. The standard InChI is InChI=1S/C28H28FN5O5/c1-16-19(11-8-12-20(16)25(36)37)22-28(4,39-17(2)35)27(3,29)26(38-22)34-15-33-21-23(31-14-32-24(21)34)30-13-18-9-6-5-7-10-18/h5-12,14-15,22,26H,13H2,1-4H3,(H,36,37)(H,30,31,32)/t22-,26+,27+,28+/m1/s1. The summed E-state index contributed by atoms with van der Waals surface area (Å²) in [5, 5.41) is 12.9. The van der Waals surface area contributed by atoms with E-state index in [1.165, 1.54) is 44.1 Å². The number of alkyl halides is 1. The second-order valence-electron chi connectivity index (χ2n) is 9.86. The average molecular weight is 534 g/mol. The quantitative estimate of drug-likeness (QED) is 0.323. The summed E-state index contributed by atoms with van der Waals surface area (Å²) in [6.07, 6.45) is 0.311. The molecule has 4 aromatic rings. The molecule has 11 heteroatoms. The van der Waals surface area contributed by atoms with Gasteiger partial charge in [0.05, 0.1) is 11.9 Å². The van der Waals surface area contributed by atoms with Crippen LogP contribution >= 0.6 is 0 Å². The molecule has 0 aliphatic carbocycles. The zero-order chi connectivity index (χ0) is 27.9. The van der Waals surface area contributed by atoms with E-state index in [1.807, 2.05) is 30.3 Å². The Bertz CT molecular complexity index is 1560. The van der Waals surface area contributed by atoms with Crippen molar-refractivity contribution in [3.05, 3.63) is 83.4 Å². The number of carboxylic acids is 1. The SMILES string of the molecule is CC(=O)O[C@@]1(C)[C@@H](c2cccc(C(=O)O)c2C)O[C@H](n2cnc3c(NCc4ccccc4)ncnc32)[C@]1(C)F. The van der Waals surface area contributed by atoms with Gasteiger partial charge < -0.3 is 19.9 Å². The number of benzene rings is 2. The number of aromatic carboxylic acids is 1. The number of fused-ring (bicyclic) bond motifs is 1. The van der Waals surface area contributed by atoms with Crippen LogP contribution in [0.2, 0.25) is 0 Å². The normalized spacial score (nSPS) is 24.5. The van der Waals surface area contributed by atoms with Gasteiger partial charge in [-0.05, 0) is 43.5 Å². The second-order valence-corrected chi connectivity index (χ2v) is 9.86. The van der Waals surface area contributed by atoms with E-state index >= 15 is 4.39 Å². The van der Waals surface area contributed by atoms with Gasteiger partial charge >= 0.3 is 11.9 Å². The fraction of sp³-hybridized carbons (Fsp3) is 0.321. The molecule has 0 spiro atoms. The van der Waals surface area contributed by atoms with E-state index in [2.05, 4.69) is 20.3 Å². The van der Waals surface area contributed by atoms with Gasteiger partial charge in [-0.1, -0.05) is 42.5 Å². The van der Waals surface area contributed by atoms with Crippen molar-refractivity contribution in [3.8, 4) is 0 Å². The summed E-state index contributed by atoms with van der Waals surface area (Å²) >= 11 is 0. The molecule has 3 heterocycles. The molecule has 1 fully saturated rings. The molecule has 0 saturated carbocycles. The molecule has 2 aromatic heterocycles. The Morgan fingerprint density at radius 2 is 1.87 bits per heavy atom. The fourth-order valence-corrected chi connectivity index (χ4v) is 5.14. The van der Waals surface area contributed by atoms with E-state index in [0.717, 1.165) is 5.56 Å². The van der Waals surface area contributed by atoms with E-state index in [-0.39, 0.29) is 5.56 Å². The van der Waals surface area contributed by atoms with Crippen molar-refractivity contribution in [2.45, 2.75) is 57.8 Å². The number of nitrogens with zero attached hydrogens (tertiary/aromatic N) is 4. The summed E-state index contributed by atoms with van der Waals surface area (Å²) in [5.74, 6) is -1.37. The minimum atomic E-state index is -2.29. The lowest BCUT2D eigenvalue weighted by atomic mass is 9.80. The summed E-state index contributed by atoms with van der Waals surface area (Å²) in [6.45, 7) is 6.04. The molecule has 10 nitrogen and oxygen atoms in total. The van der Waals surface area contributed by atoms with E-state index < -0.39 is 35.5 Å². The smallest absolute Gasteiger partial charge is 0.335 e. The van der Waals surface area contributed by atoms with E-state index in [4.69, 9.17) is 9.47 Å². The van der Waals surface area contributed by atoms with Gasteiger partial charge in [-0.15, -0.1) is 0 Å². The minimum absolute atomic E-state index is 0.0419. The molecule has 2 aromatic carbocycles. The van der Waals surface area contributed by atoms with E-state index in [1.54, 1.807) is 19.1 Å². The molecule has 5 rings (SSSR count). The Kier molecular flexibility index (Phi) is 6.55. The third-order valence-corrected chi connectivity index (χ3v) is 7.36. The van der Waals surface area contributed by atoms with E-state index in [0.29, 0.717) is 34.7 Å². The summed E-state index contributed by atoms with van der Waals surface area (Å²) in [4.78, 5) is 37.1. The third kappa shape index (κ3) is 4.38. The summed E-state index contributed by atoms with van der Waals surface area (Å²) in [6, 6.07) is 14.4. The predicted octanol–water partition coefficient (Wildman–Crippen LogP) is 4.77. The van der Waals surface area contributed by atoms with Crippen LogP contribution in [0.1, 0.15) is 60.2 Å². The number of carboxylic acid groups (broad SMARTS) is 1. The average Bonchev–Trinajstić information content (AvgIpc) is 3.40. The van der Waals surface area contributed by atoms with Crippen molar-refractivity contribution >= 4 is 28.9 Å². The fourth-order valence-electron chi connectivity index (χ4n) is 5.14. The van der Waals surface area contributed by atoms with Gasteiger partial charge in [0, 0.05) is 13.5 Å². The number of imidazole rings is 1. The van der Waals surface area contributed by atoms with Crippen molar-refractivity contribution in [1.29, 1.82) is 0 Å².